The van der Waals surface area contributed by atoms with Crippen molar-refractivity contribution >= 4 is 22.0 Å². The number of hydrogen-bond donors (Lipinski definition) is 0. The molecule has 2 fully saturated rings. The summed E-state index contributed by atoms with van der Waals surface area (Å²) in [5.74, 6) is 2.01. The molecule has 2 saturated heterocycles. The molecule has 0 bridgehead atoms. The SMILES string of the molecule is Cc1c(Br)cc(-c2nc(C3CCN(C(=O)OC(C)(C)C)CC3)no2)cc1CC1COC1. The highest BCUT2D eigenvalue weighted by Crippen LogP contribution is 2.33. The van der Waals surface area contributed by atoms with Crippen LogP contribution in [0, 0.1) is 12.8 Å². The Bertz CT molecular complexity index is 941. The molecule has 0 unspecified atom stereocenters. The maximum Gasteiger partial charge on any atom is 0.410 e. The normalized spacial score (nSPS) is 18.2. The molecule has 2 aliphatic heterocycles. The second-order valence-electron chi connectivity index (χ2n) is 9.55. The van der Waals surface area contributed by atoms with Crippen molar-refractivity contribution in [2.24, 2.45) is 5.92 Å². The molecule has 0 atom stereocenters. The van der Waals surface area contributed by atoms with Gasteiger partial charge in [0.1, 0.15) is 5.60 Å². The van der Waals surface area contributed by atoms with Gasteiger partial charge >= 0.3 is 6.09 Å². The van der Waals surface area contributed by atoms with Crippen LogP contribution in [-0.2, 0) is 15.9 Å². The largest absolute Gasteiger partial charge is 0.444 e. The van der Waals surface area contributed by atoms with Gasteiger partial charge < -0.3 is 18.9 Å². The standard InChI is InChI=1S/C23H30BrN3O4/c1-14-17(9-15-12-29-13-15)10-18(11-19(14)24)21-25-20(26-31-21)16-5-7-27(8-6-16)22(28)30-23(2,3)4/h10-11,15-16H,5-9,12-13H2,1-4H3. The number of ether oxygens (including phenoxy) is 2. The van der Waals surface area contributed by atoms with Gasteiger partial charge in [0.15, 0.2) is 5.82 Å². The number of carbonyl (C=O) groups excluding carboxylic acids is 1. The van der Waals surface area contributed by atoms with Gasteiger partial charge in [0, 0.05) is 35.0 Å². The van der Waals surface area contributed by atoms with E-state index in [0.717, 1.165) is 42.5 Å². The molecule has 0 aliphatic carbocycles. The third kappa shape index (κ3) is 5.29. The Hall–Kier alpha value is -1.93. The topological polar surface area (TPSA) is 77.7 Å². The summed E-state index contributed by atoms with van der Waals surface area (Å²) in [6.07, 6.45) is 2.32. The highest BCUT2D eigenvalue weighted by Gasteiger charge is 2.30. The van der Waals surface area contributed by atoms with Crippen molar-refractivity contribution in [3.05, 3.63) is 33.6 Å². The summed E-state index contributed by atoms with van der Waals surface area (Å²) >= 11 is 3.68. The molecule has 8 heteroatoms. The second kappa shape index (κ2) is 8.90. The van der Waals surface area contributed by atoms with E-state index < -0.39 is 5.60 Å². The van der Waals surface area contributed by atoms with Gasteiger partial charge in [-0.25, -0.2) is 4.79 Å². The molecular weight excluding hydrogens is 462 g/mol. The van der Waals surface area contributed by atoms with Crippen molar-refractivity contribution in [1.29, 1.82) is 0 Å². The van der Waals surface area contributed by atoms with Crippen molar-refractivity contribution in [2.45, 2.75) is 58.5 Å². The number of likely N-dealkylation sites (tertiary alicyclic amines) is 1. The minimum Gasteiger partial charge on any atom is -0.444 e. The van der Waals surface area contributed by atoms with Crippen molar-refractivity contribution in [3.63, 3.8) is 0 Å². The van der Waals surface area contributed by atoms with E-state index in [9.17, 15) is 4.79 Å². The summed E-state index contributed by atoms with van der Waals surface area (Å²) in [7, 11) is 0. The zero-order valence-corrected chi connectivity index (χ0v) is 20.2. The third-order valence-corrected chi connectivity index (χ3v) is 6.69. The van der Waals surface area contributed by atoms with E-state index >= 15 is 0 Å². The second-order valence-corrected chi connectivity index (χ2v) is 10.4. The van der Waals surface area contributed by atoms with Gasteiger partial charge in [-0.05, 0) is 70.2 Å². The van der Waals surface area contributed by atoms with Crippen LogP contribution in [0.15, 0.2) is 21.1 Å². The highest BCUT2D eigenvalue weighted by atomic mass is 79.9. The lowest BCUT2D eigenvalue weighted by atomic mass is 9.93. The minimum atomic E-state index is -0.483. The first-order chi connectivity index (χ1) is 14.7. The molecule has 3 heterocycles. The predicted molar refractivity (Wildman–Crippen MR) is 120 cm³/mol. The van der Waals surface area contributed by atoms with Gasteiger partial charge in [-0.1, -0.05) is 21.1 Å². The van der Waals surface area contributed by atoms with E-state index in [1.165, 1.54) is 11.1 Å². The molecule has 0 saturated carbocycles. The van der Waals surface area contributed by atoms with Crippen LogP contribution in [-0.4, -0.2) is 53.0 Å². The molecule has 1 amide bonds. The van der Waals surface area contributed by atoms with Crippen molar-refractivity contribution in [3.8, 4) is 11.5 Å². The van der Waals surface area contributed by atoms with Gasteiger partial charge in [0.05, 0.1) is 13.2 Å². The summed E-state index contributed by atoms with van der Waals surface area (Å²) in [4.78, 5) is 18.7. The summed E-state index contributed by atoms with van der Waals surface area (Å²) in [5.41, 5.74) is 2.97. The van der Waals surface area contributed by atoms with E-state index in [4.69, 9.17) is 19.0 Å². The Morgan fingerprint density at radius 1 is 1.26 bits per heavy atom. The zero-order valence-electron chi connectivity index (χ0n) is 18.6. The number of carbonyl (C=O) groups is 1. The first kappa shape index (κ1) is 22.3. The Balaban J connectivity index is 1.42. The van der Waals surface area contributed by atoms with Crippen LogP contribution in [0.25, 0.3) is 11.5 Å². The average Bonchev–Trinajstić information content (AvgIpc) is 3.16. The van der Waals surface area contributed by atoms with Crippen molar-refractivity contribution < 1.29 is 18.8 Å². The number of benzene rings is 1. The molecular formula is C23H30BrN3O4. The Morgan fingerprint density at radius 3 is 2.58 bits per heavy atom. The maximum atomic E-state index is 12.3. The molecule has 0 spiro atoms. The van der Waals surface area contributed by atoms with Crippen LogP contribution in [0.4, 0.5) is 4.79 Å². The fraction of sp³-hybridized carbons (Fsp3) is 0.609. The average molecular weight is 492 g/mol. The Labute approximate surface area is 191 Å². The molecule has 31 heavy (non-hydrogen) atoms. The van der Waals surface area contributed by atoms with E-state index in [1.54, 1.807) is 4.90 Å². The lowest BCUT2D eigenvalue weighted by Crippen LogP contribution is -2.41. The molecule has 2 aliphatic rings. The quantitative estimate of drug-likeness (QED) is 0.590. The van der Waals surface area contributed by atoms with Crippen molar-refractivity contribution in [1.82, 2.24) is 15.0 Å². The van der Waals surface area contributed by atoms with Crippen LogP contribution in [0.1, 0.15) is 56.5 Å². The number of nitrogens with zero attached hydrogens (tertiary/aromatic N) is 3. The van der Waals surface area contributed by atoms with Gasteiger partial charge in [-0.15, -0.1) is 0 Å². The molecule has 0 N–H and O–H groups in total. The molecule has 2 aromatic rings. The van der Waals surface area contributed by atoms with Gasteiger partial charge in [0.2, 0.25) is 0 Å². The molecule has 1 aromatic heterocycles. The van der Waals surface area contributed by atoms with Gasteiger partial charge in [-0.2, -0.15) is 4.98 Å². The third-order valence-electron chi connectivity index (χ3n) is 5.87. The van der Waals surface area contributed by atoms with Crippen molar-refractivity contribution in [2.75, 3.05) is 26.3 Å². The predicted octanol–water partition coefficient (Wildman–Crippen LogP) is 5.11. The number of rotatable bonds is 4. The van der Waals surface area contributed by atoms with Gasteiger partial charge in [-0.3, -0.25) is 0 Å². The molecule has 168 valence electrons. The number of hydrogen-bond acceptors (Lipinski definition) is 6. The summed E-state index contributed by atoms with van der Waals surface area (Å²) in [6.45, 7) is 10.7. The molecule has 1 aromatic carbocycles. The highest BCUT2D eigenvalue weighted by molar-refractivity contribution is 9.10. The Kier molecular flexibility index (Phi) is 6.40. The van der Waals surface area contributed by atoms with Crippen LogP contribution < -0.4 is 0 Å². The van der Waals surface area contributed by atoms with E-state index in [2.05, 4.69) is 34.1 Å². The fourth-order valence-electron chi connectivity index (χ4n) is 3.95. The van der Waals surface area contributed by atoms with E-state index in [-0.39, 0.29) is 12.0 Å². The number of amides is 1. The minimum absolute atomic E-state index is 0.177. The van der Waals surface area contributed by atoms with E-state index in [1.807, 2.05) is 26.8 Å². The number of halogens is 1. The van der Waals surface area contributed by atoms with Gasteiger partial charge in [0.25, 0.3) is 5.89 Å². The van der Waals surface area contributed by atoms with Crippen LogP contribution in [0.3, 0.4) is 0 Å². The maximum absolute atomic E-state index is 12.3. The monoisotopic (exact) mass is 491 g/mol. The number of piperidine rings is 1. The van der Waals surface area contributed by atoms with Crippen LogP contribution in [0.5, 0.6) is 0 Å². The van der Waals surface area contributed by atoms with Crippen LogP contribution in [0.2, 0.25) is 0 Å². The first-order valence-electron chi connectivity index (χ1n) is 10.9. The summed E-state index contributed by atoms with van der Waals surface area (Å²) in [6, 6.07) is 4.19. The molecule has 0 radical (unpaired) electrons. The smallest absolute Gasteiger partial charge is 0.410 e. The van der Waals surface area contributed by atoms with Crippen LogP contribution >= 0.6 is 15.9 Å². The summed E-state index contributed by atoms with van der Waals surface area (Å²) in [5, 5.41) is 4.26. The Morgan fingerprint density at radius 2 is 1.97 bits per heavy atom. The fourth-order valence-corrected chi connectivity index (χ4v) is 4.45. The summed E-state index contributed by atoms with van der Waals surface area (Å²) < 4.78 is 17.5. The molecule has 7 nitrogen and oxygen atoms in total. The first-order valence-corrected chi connectivity index (χ1v) is 11.7. The lowest BCUT2D eigenvalue weighted by Gasteiger charge is -2.32. The molecule has 4 rings (SSSR count). The zero-order chi connectivity index (χ0) is 22.2. The number of aromatic nitrogens is 2. The lowest BCUT2D eigenvalue weighted by molar-refractivity contribution is -0.0312. The van der Waals surface area contributed by atoms with E-state index in [0.29, 0.717) is 30.7 Å².